The number of nitrogens with one attached hydrogen (secondary N) is 1. The number of anilines is 1. The monoisotopic (exact) mass is 234 g/mol. The molecule has 1 aromatic rings. The van der Waals surface area contributed by atoms with Gasteiger partial charge in [0, 0.05) is 12.6 Å². The van der Waals surface area contributed by atoms with Crippen molar-refractivity contribution in [3.63, 3.8) is 0 Å². The fourth-order valence-corrected chi connectivity index (χ4v) is 2.68. The number of methoxy groups -OCH3 is 1. The number of aromatic nitrogens is 1. The van der Waals surface area contributed by atoms with Gasteiger partial charge in [-0.2, -0.15) is 4.98 Å². The first-order valence-corrected chi connectivity index (χ1v) is 6.14. The molecule has 0 atom stereocenters. The molecule has 0 bridgehead atoms. The summed E-state index contributed by atoms with van der Waals surface area (Å²) in [5.74, 6) is 2.25. The van der Waals surface area contributed by atoms with Gasteiger partial charge >= 0.3 is 0 Å². The molecule has 94 valence electrons. The van der Waals surface area contributed by atoms with E-state index in [9.17, 15) is 0 Å². The number of hydrogen-bond acceptors (Lipinski definition) is 3. The Morgan fingerprint density at radius 2 is 1.88 bits per heavy atom. The summed E-state index contributed by atoms with van der Waals surface area (Å²) in [4.78, 5) is 4.35. The molecule has 3 heteroatoms. The standard InChI is InChI=1S/C14H22N2O/c1-13(2)10(14(13,3)4)9-15-11-7-6-8-12(16-11)17-5/h6-8,10H,9H2,1-5H3,(H,15,16). The molecule has 1 N–H and O–H groups in total. The molecule has 1 fully saturated rings. The van der Waals surface area contributed by atoms with Crippen LogP contribution in [0.15, 0.2) is 18.2 Å². The van der Waals surface area contributed by atoms with Gasteiger partial charge in [0.15, 0.2) is 0 Å². The molecule has 0 radical (unpaired) electrons. The molecular formula is C14H22N2O. The van der Waals surface area contributed by atoms with E-state index >= 15 is 0 Å². The van der Waals surface area contributed by atoms with Gasteiger partial charge in [0.1, 0.15) is 5.82 Å². The summed E-state index contributed by atoms with van der Waals surface area (Å²) in [6.45, 7) is 10.3. The van der Waals surface area contributed by atoms with Crippen LogP contribution in [0.25, 0.3) is 0 Å². The van der Waals surface area contributed by atoms with Crippen molar-refractivity contribution in [1.29, 1.82) is 0 Å². The molecule has 17 heavy (non-hydrogen) atoms. The molecule has 3 nitrogen and oxygen atoms in total. The van der Waals surface area contributed by atoms with Gasteiger partial charge in [-0.3, -0.25) is 0 Å². The van der Waals surface area contributed by atoms with E-state index in [1.165, 1.54) is 0 Å². The first kappa shape index (κ1) is 12.2. The lowest BCUT2D eigenvalue weighted by Crippen LogP contribution is -2.09. The molecule has 1 aliphatic rings. The summed E-state index contributed by atoms with van der Waals surface area (Å²) in [5, 5.41) is 3.40. The van der Waals surface area contributed by atoms with Gasteiger partial charge in [-0.1, -0.05) is 33.8 Å². The number of rotatable bonds is 4. The van der Waals surface area contributed by atoms with Gasteiger partial charge in [-0.25, -0.2) is 0 Å². The quantitative estimate of drug-likeness (QED) is 0.868. The predicted octanol–water partition coefficient (Wildman–Crippen LogP) is 3.18. The predicted molar refractivity (Wildman–Crippen MR) is 70.3 cm³/mol. The van der Waals surface area contributed by atoms with E-state index < -0.39 is 0 Å². The Morgan fingerprint density at radius 1 is 1.24 bits per heavy atom. The van der Waals surface area contributed by atoms with Crippen molar-refractivity contribution < 1.29 is 4.74 Å². The topological polar surface area (TPSA) is 34.1 Å². The van der Waals surface area contributed by atoms with E-state index in [4.69, 9.17) is 4.74 Å². The minimum atomic E-state index is 0.416. The van der Waals surface area contributed by atoms with Crippen molar-refractivity contribution in [3.8, 4) is 5.88 Å². The Labute approximate surface area is 104 Å². The maximum Gasteiger partial charge on any atom is 0.214 e. The third-order valence-corrected chi connectivity index (χ3v) is 4.74. The van der Waals surface area contributed by atoms with Gasteiger partial charge in [0.05, 0.1) is 7.11 Å². The molecule has 0 amide bonds. The zero-order chi connectivity index (χ0) is 12.7. The molecule has 0 aromatic carbocycles. The number of hydrogen-bond donors (Lipinski definition) is 1. The molecule has 1 aromatic heterocycles. The Balaban J connectivity index is 1.95. The van der Waals surface area contributed by atoms with Crippen LogP contribution >= 0.6 is 0 Å². The van der Waals surface area contributed by atoms with Crippen LogP contribution in [0.3, 0.4) is 0 Å². The van der Waals surface area contributed by atoms with E-state index in [0.29, 0.717) is 22.6 Å². The van der Waals surface area contributed by atoms with Gasteiger partial charge in [-0.05, 0) is 22.8 Å². The fourth-order valence-electron chi connectivity index (χ4n) is 2.68. The van der Waals surface area contributed by atoms with E-state index in [1.807, 2.05) is 18.2 Å². The highest BCUT2D eigenvalue weighted by atomic mass is 16.5. The zero-order valence-electron chi connectivity index (χ0n) is 11.4. The minimum absolute atomic E-state index is 0.416. The second-order valence-corrected chi connectivity index (χ2v) is 5.94. The van der Waals surface area contributed by atoms with E-state index in [2.05, 4.69) is 38.0 Å². The molecule has 0 unspecified atom stereocenters. The molecule has 1 aliphatic carbocycles. The minimum Gasteiger partial charge on any atom is -0.481 e. The molecule has 1 heterocycles. The SMILES string of the molecule is COc1cccc(NCC2C(C)(C)C2(C)C)n1. The molecular weight excluding hydrogens is 212 g/mol. The summed E-state index contributed by atoms with van der Waals surface area (Å²) in [7, 11) is 1.64. The molecule has 0 saturated heterocycles. The van der Waals surface area contributed by atoms with Crippen LogP contribution in [0.5, 0.6) is 5.88 Å². The highest BCUT2D eigenvalue weighted by Gasteiger charge is 2.64. The summed E-state index contributed by atoms with van der Waals surface area (Å²) < 4.78 is 5.11. The number of nitrogens with zero attached hydrogens (tertiary/aromatic N) is 1. The smallest absolute Gasteiger partial charge is 0.214 e. The van der Waals surface area contributed by atoms with Crippen LogP contribution in [-0.2, 0) is 0 Å². The molecule has 2 rings (SSSR count). The average Bonchev–Trinajstić information content (AvgIpc) is 2.67. The Morgan fingerprint density at radius 3 is 2.41 bits per heavy atom. The van der Waals surface area contributed by atoms with Gasteiger partial charge in [-0.15, -0.1) is 0 Å². The van der Waals surface area contributed by atoms with Crippen molar-refractivity contribution in [3.05, 3.63) is 18.2 Å². The van der Waals surface area contributed by atoms with Crippen LogP contribution in [-0.4, -0.2) is 18.6 Å². The largest absolute Gasteiger partial charge is 0.481 e. The highest BCUT2D eigenvalue weighted by molar-refractivity contribution is 5.38. The van der Waals surface area contributed by atoms with Gasteiger partial charge in [0.2, 0.25) is 5.88 Å². The summed E-state index contributed by atoms with van der Waals surface area (Å²) in [6, 6.07) is 5.79. The van der Waals surface area contributed by atoms with E-state index in [0.717, 1.165) is 12.4 Å². The van der Waals surface area contributed by atoms with Crippen LogP contribution in [0.4, 0.5) is 5.82 Å². The third kappa shape index (κ3) is 1.99. The fraction of sp³-hybridized carbons (Fsp3) is 0.643. The summed E-state index contributed by atoms with van der Waals surface area (Å²) in [5.41, 5.74) is 0.831. The van der Waals surface area contributed by atoms with E-state index in [1.54, 1.807) is 7.11 Å². The van der Waals surface area contributed by atoms with Crippen molar-refractivity contribution in [2.75, 3.05) is 19.0 Å². The normalized spacial score (nSPS) is 21.0. The number of ether oxygens (including phenoxy) is 1. The Kier molecular flexibility index (Phi) is 2.80. The second-order valence-electron chi connectivity index (χ2n) is 5.94. The maximum absolute atomic E-state index is 5.11. The van der Waals surface area contributed by atoms with Gasteiger partial charge < -0.3 is 10.1 Å². The highest BCUT2D eigenvalue weighted by Crippen LogP contribution is 2.68. The zero-order valence-corrected chi connectivity index (χ0v) is 11.4. The summed E-state index contributed by atoms with van der Waals surface area (Å²) >= 11 is 0. The average molecular weight is 234 g/mol. The number of pyridine rings is 1. The molecule has 1 saturated carbocycles. The summed E-state index contributed by atoms with van der Waals surface area (Å²) in [6.07, 6.45) is 0. The van der Waals surface area contributed by atoms with Crippen molar-refractivity contribution in [2.45, 2.75) is 27.7 Å². The van der Waals surface area contributed by atoms with Crippen LogP contribution in [0.2, 0.25) is 0 Å². The van der Waals surface area contributed by atoms with Crippen molar-refractivity contribution >= 4 is 5.82 Å². The first-order chi connectivity index (χ1) is 7.89. The molecule has 0 spiro atoms. The lowest BCUT2D eigenvalue weighted by atomic mass is 10.0. The molecule has 0 aliphatic heterocycles. The lowest BCUT2D eigenvalue weighted by molar-refractivity contribution is 0.398. The van der Waals surface area contributed by atoms with Crippen molar-refractivity contribution in [1.82, 2.24) is 4.98 Å². The van der Waals surface area contributed by atoms with Gasteiger partial charge in [0.25, 0.3) is 0 Å². The first-order valence-electron chi connectivity index (χ1n) is 6.14. The van der Waals surface area contributed by atoms with E-state index in [-0.39, 0.29) is 0 Å². The maximum atomic E-state index is 5.11. The second kappa shape index (κ2) is 3.90. The lowest BCUT2D eigenvalue weighted by Gasteiger charge is -2.07. The van der Waals surface area contributed by atoms with Crippen LogP contribution < -0.4 is 10.1 Å². The Bertz CT molecular complexity index is 398. The van der Waals surface area contributed by atoms with Crippen molar-refractivity contribution in [2.24, 2.45) is 16.7 Å². The third-order valence-electron chi connectivity index (χ3n) is 4.74. The van der Waals surface area contributed by atoms with Crippen LogP contribution in [0.1, 0.15) is 27.7 Å². The van der Waals surface area contributed by atoms with Crippen LogP contribution in [0, 0.1) is 16.7 Å². The Hall–Kier alpha value is -1.25.